The van der Waals surface area contributed by atoms with Gasteiger partial charge in [-0.15, -0.1) is 10.2 Å². The van der Waals surface area contributed by atoms with Gasteiger partial charge in [0.05, 0.1) is 5.69 Å². The van der Waals surface area contributed by atoms with Gasteiger partial charge in [0.2, 0.25) is 0 Å². The van der Waals surface area contributed by atoms with E-state index in [1.807, 2.05) is 36.4 Å². The van der Waals surface area contributed by atoms with Crippen LogP contribution in [0.5, 0.6) is 0 Å². The predicted octanol–water partition coefficient (Wildman–Crippen LogP) is 5.04. The first kappa shape index (κ1) is 18.4. The van der Waals surface area contributed by atoms with E-state index in [4.69, 9.17) is 11.6 Å². The van der Waals surface area contributed by atoms with Crippen LogP contribution in [0.15, 0.2) is 60.7 Å². The Balaban J connectivity index is 1.49. The summed E-state index contributed by atoms with van der Waals surface area (Å²) in [5.41, 5.74) is 2.90. The fourth-order valence-electron chi connectivity index (χ4n) is 3.36. The van der Waals surface area contributed by atoms with Crippen LogP contribution in [0, 0.1) is 0 Å². The Kier molecular flexibility index (Phi) is 5.53. The fraction of sp³-hybridized carbons (Fsp3) is 0.227. The highest BCUT2D eigenvalue weighted by molar-refractivity contribution is 6.31. The van der Waals surface area contributed by atoms with E-state index in [0.29, 0.717) is 16.3 Å². The molecule has 142 valence electrons. The zero-order chi connectivity index (χ0) is 19.3. The molecule has 2 heterocycles. The van der Waals surface area contributed by atoms with Gasteiger partial charge >= 0.3 is 0 Å². The second-order valence-electron chi connectivity index (χ2n) is 6.87. The molecule has 1 aromatic heterocycles. The first-order valence-electron chi connectivity index (χ1n) is 9.45. The summed E-state index contributed by atoms with van der Waals surface area (Å²) < 4.78 is 0. The van der Waals surface area contributed by atoms with Crippen molar-refractivity contribution >= 4 is 29.0 Å². The van der Waals surface area contributed by atoms with E-state index in [-0.39, 0.29) is 5.91 Å². The van der Waals surface area contributed by atoms with Gasteiger partial charge in [-0.05, 0) is 61.7 Å². The van der Waals surface area contributed by atoms with Gasteiger partial charge in [0.15, 0.2) is 5.82 Å². The highest BCUT2D eigenvalue weighted by Gasteiger charge is 2.13. The summed E-state index contributed by atoms with van der Waals surface area (Å²) in [6, 6.07) is 18.5. The van der Waals surface area contributed by atoms with Crippen molar-refractivity contribution in [2.45, 2.75) is 19.3 Å². The standard InChI is InChI=1S/C22H21ClN4O/c23-18-8-4-7-17(14-18)22(28)24-19-9-5-6-16(15-19)20-10-11-21(26-25-20)27-12-2-1-3-13-27/h4-11,14-15H,1-3,12-13H2,(H,24,28). The number of aromatic nitrogens is 2. The maximum atomic E-state index is 12.4. The van der Waals surface area contributed by atoms with Crippen molar-refractivity contribution in [2.24, 2.45) is 0 Å². The molecule has 3 aromatic rings. The number of anilines is 2. The predicted molar refractivity (Wildman–Crippen MR) is 113 cm³/mol. The number of nitrogens with one attached hydrogen (secondary N) is 1. The molecule has 0 aliphatic carbocycles. The lowest BCUT2D eigenvalue weighted by molar-refractivity contribution is 0.102. The lowest BCUT2D eigenvalue weighted by Crippen LogP contribution is -2.30. The largest absolute Gasteiger partial charge is 0.355 e. The molecule has 0 atom stereocenters. The second-order valence-corrected chi connectivity index (χ2v) is 7.31. The van der Waals surface area contributed by atoms with Crippen LogP contribution in [0.4, 0.5) is 11.5 Å². The van der Waals surface area contributed by atoms with Crippen LogP contribution in [-0.4, -0.2) is 29.2 Å². The van der Waals surface area contributed by atoms with Gasteiger partial charge in [0, 0.05) is 34.9 Å². The number of hydrogen-bond acceptors (Lipinski definition) is 4. The van der Waals surface area contributed by atoms with Crippen LogP contribution in [0.3, 0.4) is 0 Å². The van der Waals surface area contributed by atoms with Crippen molar-refractivity contribution in [3.8, 4) is 11.3 Å². The molecule has 1 fully saturated rings. The summed E-state index contributed by atoms with van der Waals surface area (Å²) in [5, 5.41) is 12.2. The summed E-state index contributed by atoms with van der Waals surface area (Å²) in [6.45, 7) is 2.08. The molecular formula is C22H21ClN4O. The highest BCUT2D eigenvalue weighted by Crippen LogP contribution is 2.23. The molecule has 1 saturated heterocycles. The van der Waals surface area contributed by atoms with E-state index in [2.05, 4.69) is 20.4 Å². The Morgan fingerprint density at radius 1 is 0.929 bits per heavy atom. The van der Waals surface area contributed by atoms with Gasteiger partial charge < -0.3 is 10.2 Å². The Hall–Kier alpha value is -2.92. The number of rotatable bonds is 4. The maximum Gasteiger partial charge on any atom is 0.255 e. The van der Waals surface area contributed by atoms with Crippen molar-refractivity contribution in [3.05, 3.63) is 71.2 Å². The van der Waals surface area contributed by atoms with Gasteiger partial charge in [0.1, 0.15) is 0 Å². The second kappa shape index (κ2) is 8.40. The van der Waals surface area contributed by atoms with Crippen LogP contribution >= 0.6 is 11.6 Å². The van der Waals surface area contributed by atoms with Crippen LogP contribution in [0.25, 0.3) is 11.3 Å². The number of benzene rings is 2. The minimum atomic E-state index is -0.203. The lowest BCUT2D eigenvalue weighted by atomic mass is 10.1. The van der Waals surface area contributed by atoms with Crippen molar-refractivity contribution in [3.63, 3.8) is 0 Å². The highest BCUT2D eigenvalue weighted by atomic mass is 35.5. The smallest absolute Gasteiger partial charge is 0.255 e. The van der Waals surface area contributed by atoms with Gasteiger partial charge in [-0.2, -0.15) is 0 Å². The Morgan fingerprint density at radius 2 is 1.75 bits per heavy atom. The molecule has 0 spiro atoms. The van der Waals surface area contributed by atoms with Crippen molar-refractivity contribution < 1.29 is 4.79 Å². The normalized spacial score (nSPS) is 14.0. The first-order chi connectivity index (χ1) is 13.7. The third kappa shape index (κ3) is 4.31. The molecular weight excluding hydrogens is 372 g/mol. The molecule has 6 heteroatoms. The maximum absolute atomic E-state index is 12.4. The van der Waals surface area contributed by atoms with Crippen molar-refractivity contribution in [1.82, 2.24) is 10.2 Å². The third-order valence-corrected chi connectivity index (χ3v) is 5.07. The number of amides is 1. The molecule has 28 heavy (non-hydrogen) atoms. The van der Waals surface area contributed by atoms with E-state index in [0.717, 1.165) is 30.2 Å². The van der Waals surface area contributed by atoms with Gasteiger partial charge in [-0.3, -0.25) is 4.79 Å². The molecule has 2 aromatic carbocycles. The minimum absolute atomic E-state index is 0.203. The minimum Gasteiger partial charge on any atom is -0.355 e. The Bertz CT molecular complexity index is 968. The zero-order valence-corrected chi connectivity index (χ0v) is 16.2. The number of halogens is 1. The number of carbonyl (C=O) groups excluding carboxylic acids is 1. The number of hydrogen-bond donors (Lipinski definition) is 1. The quantitative estimate of drug-likeness (QED) is 0.675. The van der Waals surface area contributed by atoms with Crippen LogP contribution < -0.4 is 10.2 Å². The molecule has 0 saturated carbocycles. The number of carbonyl (C=O) groups is 1. The Labute approximate surface area is 169 Å². The Morgan fingerprint density at radius 3 is 2.50 bits per heavy atom. The summed E-state index contributed by atoms with van der Waals surface area (Å²) in [4.78, 5) is 14.7. The van der Waals surface area contributed by atoms with Crippen molar-refractivity contribution in [2.75, 3.05) is 23.3 Å². The zero-order valence-electron chi connectivity index (χ0n) is 15.4. The molecule has 0 unspecified atom stereocenters. The van der Waals surface area contributed by atoms with Crippen molar-refractivity contribution in [1.29, 1.82) is 0 Å². The summed E-state index contributed by atoms with van der Waals surface area (Å²) in [5.74, 6) is 0.722. The SMILES string of the molecule is O=C(Nc1cccc(-c2ccc(N3CCCCC3)nn2)c1)c1cccc(Cl)c1. The summed E-state index contributed by atoms with van der Waals surface area (Å²) in [6.07, 6.45) is 3.70. The molecule has 1 aliphatic rings. The molecule has 5 nitrogen and oxygen atoms in total. The lowest BCUT2D eigenvalue weighted by Gasteiger charge is -2.27. The topological polar surface area (TPSA) is 58.1 Å². The average Bonchev–Trinajstić information content (AvgIpc) is 2.75. The van der Waals surface area contributed by atoms with Gasteiger partial charge in [0.25, 0.3) is 5.91 Å². The third-order valence-electron chi connectivity index (χ3n) is 4.83. The molecule has 1 N–H and O–H groups in total. The fourth-order valence-corrected chi connectivity index (χ4v) is 3.55. The van der Waals surface area contributed by atoms with E-state index < -0.39 is 0 Å². The molecule has 4 rings (SSSR count). The monoisotopic (exact) mass is 392 g/mol. The average molecular weight is 393 g/mol. The van der Waals surface area contributed by atoms with E-state index in [1.54, 1.807) is 24.3 Å². The number of nitrogens with zero attached hydrogens (tertiary/aromatic N) is 3. The number of piperidine rings is 1. The van der Waals surface area contributed by atoms with Gasteiger partial charge in [-0.25, -0.2) is 0 Å². The molecule has 1 amide bonds. The molecule has 1 aliphatic heterocycles. The van der Waals surface area contributed by atoms with E-state index >= 15 is 0 Å². The van der Waals surface area contributed by atoms with Crippen LogP contribution in [0.2, 0.25) is 5.02 Å². The first-order valence-corrected chi connectivity index (χ1v) is 9.83. The van der Waals surface area contributed by atoms with Gasteiger partial charge in [-0.1, -0.05) is 29.8 Å². The van der Waals surface area contributed by atoms with Crippen LogP contribution in [0.1, 0.15) is 29.6 Å². The van der Waals surface area contributed by atoms with E-state index in [1.165, 1.54) is 19.3 Å². The molecule has 0 bridgehead atoms. The molecule has 0 radical (unpaired) electrons. The van der Waals surface area contributed by atoms with Crippen LogP contribution in [-0.2, 0) is 0 Å². The van der Waals surface area contributed by atoms with E-state index in [9.17, 15) is 4.79 Å². The summed E-state index contributed by atoms with van der Waals surface area (Å²) in [7, 11) is 0. The summed E-state index contributed by atoms with van der Waals surface area (Å²) >= 11 is 5.97.